The van der Waals surface area contributed by atoms with Crippen molar-refractivity contribution < 1.29 is 99.1 Å². The number of sulfone groups is 1. The van der Waals surface area contributed by atoms with Crippen molar-refractivity contribution in [3.05, 3.63) is 122 Å². The number of aliphatic imine (C=N–C) groups is 1. The third-order valence-corrected chi connectivity index (χ3v) is 18.1. The van der Waals surface area contributed by atoms with Crippen LogP contribution in [-0.4, -0.2) is 110 Å². The molecule has 4 atom stereocenters. The number of hydrogen-bond acceptors (Lipinski definition) is 12. The number of aromatic nitrogens is 3. The van der Waals surface area contributed by atoms with Crippen LogP contribution in [0.3, 0.4) is 0 Å². The number of carbonyl (C=O) groups excluding carboxylic acids is 2. The van der Waals surface area contributed by atoms with Crippen LogP contribution in [-0.2, 0) is 71.0 Å². The molecule has 32 heteroatoms. The molecule has 3 aliphatic rings. The number of alkyl halides is 8. The lowest BCUT2D eigenvalue weighted by atomic mass is 9.77. The largest absolute Gasteiger partial charge is 0.524 e. The molecule has 0 bridgehead atoms. The second-order valence-electron chi connectivity index (χ2n) is 22.1. The van der Waals surface area contributed by atoms with E-state index in [1.807, 2.05) is 0 Å². The van der Waals surface area contributed by atoms with Crippen molar-refractivity contribution >= 4 is 74.5 Å². The minimum Gasteiger partial charge on any atom is -0.481 e. The molecule has 0 spiro atoms. The number of nitrogens with one attached hydrogen (secondary N) is 1. The Balaban J connectivity index is 1.29. The fraction of sp³-hybridized carbons (Fsp3) is 0.407. The summed E-state index contributed by atoms with van der Waals surface area (Å²) in [6.07, 6.45) is -13.4. The molecule has 3 heterocycles. The predicted molar refractivity (Wildman–Crippen MR) is 290 cm³/mol. The van der Waals surface area contributed by atoms with Gasteiger partial charge >= 0.3 is 26.1 Å². The SMILES string of the molecule is Cc1cc(CC(=O)O)c(C(C)(C)CC(=O)N(Cc2nn(CC(F)(F)F)c3c(-c4ccc(C#CC(C)(C)S(C)(=O)=O)nc4C(Cc4cc(F)cc(F)c4)NC(=O)CC4N=C(C(F)(F)F)C5=C4C(F)(F)[C@@H]4C[C@H]54)ccc(Cl)c23)[SH](=O)=O)c(OP(=O)(O)O)c1. The van der Waals surface area contributed by atoms with E-state index in [0.29, 0.717) is 10.7 Å². The van der Waals surface area contributed by atoms with Gasteiger partial charge in [-0.15, -0.1) is 0 Å². The number of halogens is 11. The highest BCUT2D eigenvalue weighted by Gasteiger charge is 2.70. The minimum atomic E-state index is -5.39. The highest BCUT2D eigenvalue weighted by molar-refractivity contribution is 7.92. The Morgan fingerprint density at radius 2 is 1.63 bits per heavy atom. The van der Waals surface area contributed by atoms with Crippen molar-refractivity contribution in [3.63, 3.8) is 0 Å². The van der Waals surface area contributed by atoms with Crippen LogP contribution in [0.5, 0.6) is 5.75 Å². The second kappa shape index (κ2) is 23.0. The van der Waals surface area contributed by atoms with E-state index < -0.39 is 199 Å². The number of allylic oxidation sites excluding steroid dienone is 1. The summed E-state index contributed by atoms with van der Waals surface area (Å²) in [6.45, 7) is 3.29. The standard InChI is InChI=1S/C54H50ClF10N6O12PS2/c1-25-13-27(18-42(74)75)45(39(14-25)83-84(76,77)78)50(2,3)22-41(73)71(85(79)80)23-38-44-35(55)10-9-32(48(44)70(69-38)24-52(58,59)60)31-8-7-30(11-12-51(4,5)86(6,81)82)66-47(31)37(17-26-15-28(56)19-29(57)16-26)67-40(72)21-36-46-43(49(68-36)54(63,64)65)33-20-34(33)53(46,61)62/h7-10,13-16,19,33-34,36-37,85H,17-18,20-24H2,1-6H3,(H,67,72)(H,74,75)(H2,76,77,78)/t33-,34+,36?,37?/m0/s1. The number of fused-ring (bicyclic) bond motifs is 3. The van der Waals surface area contributed by atoms with E-state index in [4.69, 9.17) is 16.1 Å². The number of aryl methyl sites for hydroxylation is 1. The van der Waals surface area contributed by atoms with Crippen LogP contribution < -0.4 is 9.84 Å². The predicted octanol–water partition coefficient (Wildman–Crippen LogP) is 9.15. The van der Waals surface area contributed by atoms with Gasteiger partial charge in [0, 0.05) is 57.7 Å². The highest BCUT2D eigenvalue weighted by atomic mass is 35.5. The molecule has 2 aromatic heterocycles. The Kier molecular flexibility index (Phi) is 17.4. The van der Waals surface area contributed by atoms with E-state index >= 15 is 8.78 Å². The molecule has 8 rings (SSSR count). The van der Waals surface area contributed by atoms with Gasteiger partial charge in [-0.2, -0.15) is 31.4 Å². The second-order valence-corrected chi connectivity index (χ2v) is 27.2. The molecule has 4 N–H and O–H groups in total. The van der Waals surface area contributed by atoms with Gasteiger partial charge in [-0.05, 0) is 104 Å². The molecule has 2 amide bonds. The van der Waals surface area contributed by atoms with E-state index in [0.717, 1.165) is 48.7 Å². The van der Waals surface area contributed by atoms with Crippen molar-refractivity contribution in [2.24, 2.45) is 16.8 Å². The van der Waals surface area contributed by atoms with Crippen LogP contribution in [0.15, 0.2) is 70.7 Å². The summed E-state index contributed by atoms with van der Waals surface area (Å²) in [7, 11) is -13.4. The molecule has 0 radical (unpaired) electrons. The third-order valence-electron chi connectivity index (χ3n) is 14.6. The summed E-state index contributed by atoms with van der Waals surface area (Å²) < 4.78 is 216. The maximum absolute atomic E-state index is 15.8. The van der Waals surface area contributed by atoms with Gasteiger partial charge in [0.25, 0.3) is 5.92 Å². The monoisotopic (exact) mass is 1290 g/mol. The smallest absolute Gasteiger partial charge is 0.481 e. The lowest BCUT2D eigenvalue weighted by molar-refractivity contribution is -0.142. The zero-order valence-corrected chi connectivity index (χ0v) is 49.0. The number of nitrogens with zero attached hydrogens (tertiary/aromatic N) is 5. The molecule has 1 saturated carbocycles. The van der Waals surface area contributed by atoms with Gasteiger partial charge in [0.05, 0.1) is 53.4 Å². The molecular formula is C54H50ClF10N6O12PS2. The van der Waals surface area contributed by atoms with Crippen molar-refractivity contribution in [1.82, 2.24) is 24.4 Å². The number of phosphoric acid groups is 1. The Bertz CT molecular complexity index is 4030. The number of rotatable bonds is 19. The fourth-order valence-electron chi connectivity index (χ4n) is 10.8. The Morgan fingerprint density at radius 1 is 0.988 bits per heavy atom. The average molecular weight is 1300 g/mol. The number of carboxylic acid groups (broad SMARTS) is 1. The maximum Gasteiger partial charge on any atom is 0.524 e. The van der Waals surface area contributed by atoms with Gasteiger partial charge in [-0.3, -0.25) is 33.8 Å². The van der Waals surface area contributed by atoms with E-state index in [9.17, 15) is 85.8 Å². The zero-order chi connectivity index (χ0) is 63.9. The third kappa shape index (κ3) is 13.9. The van der Waals surface area contributed by atoms with Gasteiger partial charge < -0.3 is 14.9 Å². The van der Waals surface area contributed by atoms with E-state index in [1.54, 1.807) is 0 Å². The molecule has 0 saturated heterocycles. The summed E-state index contributed by atoms with van der Waals surface area (Å²) in [4.78, 5) is 68.3. The molecule has 2 unspecified atom stereocenters. The number of pyridine rings is 1. The molecule has 1 fully saturated rings. The molecule has 3 aromatic carbocycles. The first-order chi connectivity index (χ1) is 39.5. The summed E-state index contributed by atoms with van der Waals surface area (Å²) >= 11 is 6.76. The number of aliphatic carboxylic acids is 1. The summed E-state index contributed by atoms with van der Waals surface area (Å²) in [5.41, 5.74) is -8.12. The lowest BCUT2D eigenvalue weighted by Crippen LogP contribution is -2.35. The molecular weight excluding hydrogens is 1250 g/mol. The number of carbonyl (C=O) groups is 3. The Morgan fingerprint density at radius 3 is 2.21 bits per heavy atom. The molecule has 2 aliphatic carbocycles. The van der Waals surface area contributed by atoms with Crippen LogP contribution in [0.25, 0.3) is 22.0 Å². The minimum absolute atomic E-state index is 0.103. The zero-order valence-electron chi connectivity index (χ0n) is 45.7. The maximum atomic E-state index is 15.8. The van der Waals surface area contributed by atoms with Gasteiger partial charge in [0.1, 0.15) is 40.1 Å². The van der Waals surface area contributed by atoms with Crippen molar-refractivity contribution in [2.45, 2.75) is 120 Å². The average Bonchev–Trinajstić information content (AvgIpc) is 1.52. The van der Waals surface area contributed by atoms with Crippen molar-refractivity contribution in [3.8, 4) is 28.7 Å². The lowest BCUT2D eigenvalue weighted by Gasteiger charge is -2.31. The Hall–Kier alpha value is -6.90. The number of thiol groups is 1. The van der Waals surface area contributed by atoms with E-state index in [1.165, 1.54) is 40.7 Å². The highest BCUT2D eigenvalue weighted by Crippen LogP contribution is 2.66. The van der Waals surface area contributed by atoms with Crippen LogP contribution in [0, 0.1) is 42.2 Å². The number of benzene rings is 3. The summed E-state index contributed by atoms with van der Waals surface area (Å²) in [6, 6.07) is 5.12. The van der Waals surface area contributed by atoms with Gasteiger partial charge in [0.2, 0.25) is 22.7 Å². The molecule has 18 nitrogen and oxygen atoms in total. The number of carboxylic acids is 1. The van der Waals surface area contributed by atoms with Crippen molar-refractivity contribution in [2.75, 3.05) is 6.26 Å². The topological polar surface area (TPSA) is 265 Å². The quantitative estimate of drug-likeness (QED) is 0.0223. The normalized spacial score (nSPS) is 18.1. The molecule has 5 aromatic rings. The van der Waals surface area contributed by atoms with E-state index in [2.05, 4.69) is 32.2 Å². The first-order valence-corrected chi connectivity index (χ1v) is 30.5. The first-order valence-electron chi connectivity index (χ1n) is 25.5. The first kappa shape index (κ1) is 65.1. The van der Waals surface area contributed by atoms with Crippen LogP contribution in [0.1, 0.15) is 92.3 Å². The van der Waals surface area contributed by atoms with Crippen LogP contribution in [0.2, 0.25) is 5.02 Å². The van der Waals surface area contributed by atoms with Crippen molar-refractivity contribution in [1.29, 1.82) is 0 Å². The van der Waals surface area contributed by atoms with Gasteiger partial charge in [0.15, 0.2) is 9.84 Å². The van der Waals surface area contributed by atoms with Gasteiger partial charge in [-0.25, -0.2) is 48.3 Å². The van der Waals surface area contributed by atoms with Gasteiger partial charge in [-0.1, -0.05) is 43.5 Å². The number of phosphoric ester groups is 1. The summed E-state index contributed by atoms with van der Waals surface area (Å²) in [5.74, 6) is -8.33. The molecule has 86 heavy (non-hydrogen) atoms. The van der Waals surface area contributed by atoms with Crippen LogP contribution >= 0.6 is 19.4 Å². The van der Waals surface area contributed by atoms with E-state index in [-0.39, 0.29) is 49.8 Å². The fourth-order valence-corrected chi connectivity index (χ4v) is 12.2. The molecule has 462 valence electrons. The number of amides is 2. The molecule has 1 aliphatic heterocycles. The Labute approximate surface area is 489 Å². The van der Waals surface area contributed by atoms with Crippen LogP contribution in [0.4, 0.5) is 43.9 Å². The number of hydrogen-bond donors (Lipinski definition) is 5. The summed E-state index contributed by atoms with van der Waals surface area (Å²) in [5, 5.41) is 15.4.